The largest absolute Gasteiger partial charge is 0.444 e. The quantitative estimate of drug-likeness (QED) is 0.784. The molecule has 27 heavy (non-hydrogen) atoms. The molecule has 146 valence electrons. The van der Waals surface area contributed by atoms with Crippen molar-refractivity contribution in [3.63, 3.8) is 0 Å². The van der Waals surface area contributed by atoms with Gasteiger partial charge in [-0.05, 0) is 64.1 Å². The minimum absolute atomic E-state index is 0.207. The Labute approximate surface area is 162 Å². The number of hydrogen-bond donors (Lipinski definition) is 0. The number of amides is 1. The molecule has 0 aliphatic carbocycles. The second-order valence-corrected chi connectivity index (χ2v) is 8.64. The fourth-order valence-electron chi connectivity index (χ4n) is 3.70. The number of rotatable bonds is 2. The number of carbonyl (C=O) groups is 1. The van der Waals surface area contributed by atoms with Crippen LogP contribution < -0.4 is 0 Å². The molecule has 0 unspecified atom stereocenters. The SMILES string of the molecule is C[C@@H]1CCN(C(=O)OC(C)(C)C)C[C@@H](C)N1Cc1ccc2cnccc2c1. The van der Waals surface area contributed by atoms with E-state index >= 15 is 0 Å². The van der Waals surface area contributed by atoms with E-state index < -0.39 is 5.60 Å². The first-order valence-electron chi connectivity index (χ1n) is 9.79. The van der Waals surface area contributed by atoms with Gasteiger partial charge >= 0.3 is 6.09 Å². The predicted octanol–water partition coefficient (Wildman–Crippen LogP) is 4.45. The Kier molecular flexibility index (Phi) is 5.70. The Morgan fingerprint density at radius 3 is 2.70 bits per heavy atom. The lowest BCUT2D eigenvalue weighted by atomic mass is 10.1. The maximum atomic E-state index is 12.5. The zero-order valence-corrected chi connectivity index (χ0v) is 17.1. The van der Waals surface area contributed by atoms with Crippen LogP contribution in [0.5, 0.6) is 0 Å². The lowest BCUT2D eigenvalue weighted by Gasteiger charge is -2.33. The highest BCUT2D eigenvalue weighted by Crippen LogP contribution is 2.23. The summed E-state index contributed by atoms with van der Waals surface area (Å²) in [5.74, 6) is 0. The average molecular weight is 370 g/mol. The van der Waals surface area contributed by atoms with Crippen molar-refractivity contribution in [2.24, 2.45) is 0 Å². The van der Waals surface area contributed by atoms with E-state index in [2.05, 4.69) is 48.0 Å². The number of benzene rings is 1. The summed E-state index contributed by atoms with van der Waals surface area (Å²) in [6, 6.07) is 9.28. The van der Waals surface area contributed by atoms with Crippen molar-refractivity contribution in [2.75, 3.05) is 13.1 Å². The molecule has 2 heterocycles. The lowest BCUT2D eigenvalue weighted by Crippen LogP contribution is -2.44. The molecule has 1 aromatic carbocycles. The molecule has 5 nitrogen and oxygen atoms in total. The van der Waals surface area contributed by atoms with Crippen LogP contribution in [0.1, 0.15) is 46.6 Å². The fraction of sp³-hybridized carbons (Fsp3) is 0.545. The minimum atomic E-state index is -0.460. The van der Waals surface area contributed by atoms with E-state index in [0.717, 1.165) is 24.9 Å². The molecule has 1 amide bonds. The molecule has 0 radical (unpaired) electrons. The second kappa shape index (κ2) is 7.85. The molecule has 3 rings (SSSR count). The third kappa shape index (κ3) is 4.98. The summed E-state index contributed by atoms with van der Waals surface area (Å²) in [5, 5.41) is 2.38. The number of carbonyl (C=O) groups excluding carboxylic acids is 1. The van der Waals surface area contributed by atoms with Gasteiger partial charge in [-0.2, -0.15) is 0 Å². The molecule has 0 bridgehead atoms. The zero-order valence-electron chi connectivity index (χ0n) is 17.1. The van der Waals surface area contributed by atoms with Crippen molar-refractivity contribution in [3.05, 3.63) is 42.2 Å². The van der Waals surface area contributed by atoms with Crippen LogP contribution in [0.3, 0.4) is 0 Å². The van der Waals surface area contributed by atoms with Crippen molar-refractivity contribution in [1.82, 2.24) is 14.8 Å². The van der Waals surface area contributed by atoms with Crippen LogP contribution in [-0.4, -0.2) is 51.7 Å². The van der Waals surface area contributed by atoms with E-state index in [1.807, 2.05) is 38.1 Å². The summed E-state index contributed by atoms with van der Waals surface area (Å²) >= 11 is 0. The lowest BCUT2D eigenvalue weighted by molar-refractivity contribution is 0.0233. The zero-order chi connectivity index (χ0) is 19.6. The normalized spacial score (nSPS) is 21.9. The highest BCUT2D eigenvalue weighted by molar-refractivity contribution is 5.82. The van der Waals surface area contributed by atoms with Crippen molar-refractivity contribution in [1.29, 1.82) is 0 Å². The highest BCUT2D eigenvalue weighted by Gasteiger charge is 2.31. The van der Waals surface area contributed by atoms with Gasteiger partial charge in [-0.3, -0.25) is 9.88 Å². The molecule has 5 heteroatoms. The van der Waals surface area contributed by atoms with Gasteiger partial charge in [0.2, 0.25) is 0 Å². The van der Waals surface area contributed by atoms with Gasteiger partial charge in [-0.25, -0.2) is 4.79 Å². The van der Waals surface area contributed by atoms with Crippen molar-refractivity contribution in [3.8, 4) is 0 Å². The van der Waals surface area contributed by atoms with Gasteiger partial charge < -0.3 is 9.64 Å². The van der Waals surface area contributed by atoms with E-state index in [0.29, 0.717) is 12.6 Å². The Hall–Kier alpha value is -2.14. The first-order valence-corrected chi connectivity index (χ1v) is 9.79. The predicted molar refractivity (Wildman–Crippen MR) is 109 cm³/mol. The molecule has 0 spiro atoms. The van der Waals surface area contributed by atoms with E-state index in [9.17, 15) is 4.79 Å². The molecule has 1 fully saturated rings. The number of ether oxygens (including phenoxy) is 1. The molecule has 1 aromatic heterocycles. The standard InChI is InChI=1S/C22H31N3O2/c1-16-9-11-24(21(26)27-22(3,4)5)14-17(2)25(16)15-18-6-7-20-13-23-10-8-19(20)12-18/h6-8,10,12-13,16-17H,9,11,14-15H2,1-5H3/t16-,17-/m1/s1. The maximum Gasteiger partial charge on any atom is 0.410 e. The third-order valence-corrected chi connectivity index (χ3v) is 5.16. The van der Waals surface area contributed by atoms with Gasteiger partial charge in [0.15, 0.2) is 0 Å². The van der Waals surface area contributed by atoms with Crippen LogP contribution in [0.15, 0.2) is 36.7 Å². The van der Waals surface area contributed by atoms with Gasteiger partial charge in [0.1, 0.15) is 5.60 Å². The monoisotopic (exact) mass is 369 g/mol. The molecule has 2 aromatic rings. The van der Waals surface area contributed by atoms with Gasteiger partial charge in [-0.1, -0.05) is 12.1 Å². The molecule has 1 saturated heterocycles. The Morgan fingerprint density at radius 2 is 1.96 bits per heavy atom. The van der Waals surface area contributed by atoms with Gasteiger partial charge in [0.05, 0.1) is 0 Å². The molecule has 1 aliphatic rings. The number of aromatic nitrogens is 1. The van der Waals surface area contributed by atoms with E-state index in [1.54, 1.807) is 0 Å². The fourth-order valence-corrected chi connectivity index (χ4v) is 3.70. The first kappa shape index (κ1) is 19.6. The summed E-state index contributed by atoms with van der Waals surface area (Å²) in [6.45, 7) is 12.5. The number of pyridine rings is 1. The highest BCUT2D eigenvalue weighted by atomic mass is 16.6. The summed E-state index contributed by atoms with van der Waals surface area (Å²) in [4.78, 5) is 21.0. The summed E-state index contributed by atoms with van der Waals surface area (Å²) in [6.07, 6.45) is 4.47. The smallest absolute Gasteiger partial charge is 0.410 e. The third-order valence-electron chi connectivity index (χ3n) is 5.16. The van der Waals surface area contributed by atoms with Gasteiger partial charge in [0, 0.05) is 49.5 Å². The van der Waals surface area contributed by atoms with Crippen LogP contribution in [0.2, 0.25) is 0 Å². The molecular weight excluding hydrogens is 338 g/mol. The molecule has 0 N–H and O–H groups in total. The second-order valence-electron chi connectivity index (χ2n) is 8.64. The number of hydrogen-bond acceptors (Lipinski definition) is 4. The Balaban J connectivity index is 1.72. The Morgan fingerprint density at radius 1 is 1.19 bits per heavy atom. The number of nitrogens with zero attached hydrogens (tertiary/aromatic N) is 3. The summed E-state index contributed by atoms with van der Waals surface area (Å²) < 4.78 is 5.58. The molecule has 0 saturated carbocycles. The first-order chi connectivity index (χ1) is 12.7. The Bertz CT molecular complexity index is 799. The van der Waals surface area contributed by atoms with E-state index in [4.69, 9.17) is 4.74 Å². The average Bonchev–Trinajstić information content (AvgIpc) is 2.73. The van der Waals surface area contributed by atoms with Crippen LogP contribution >= 0.6 is 0 Å². The van der Waals surface area contributed by atoms with Gasteiger partial charge in [0.25, 0.3) is 0 Å². The van der Waals surface area contributed by atoms with Crippen LogP contribution in [-0.2, 0) is 11.3 Å². The minimum Gasteiger partial charge on any atom is -0.444 e. The van der Waals surface area contributed by atoms with Crippen LogP contribution in [0, 0.1) is 0 Å². The van der Waals surface area contributed by atoms with E-state index in [-0.39, 0.29) is 12.1 Å². The van der Waals surface area contributed by atoms with Crippen molar-refractivity contribution in [2.45, 2.75) is 65.3 Å². The van der Waals surface area contributed by atoms with Crippen LogP contribution in [0.25, 0.3) is 10.8 Å². The molecule has 2 atom stereocenters. The molecular formula is C22H31N3O2. The topological polar surface area (TPSA) is 45.7 Å². The molecule has 1 aliphatic heterocycles. The summed E-state index contributed by atoms with van der Waals surface area (Å²) in [5.41, 5.74) is 0.829. The van der Waals surface area contributed by atoms with Crippen molar-refractivity contribution >= 4 is 16.9 Å². The maximum absolute atomic E-state index is 12.5. The van der Waals surface area contributed by atoms with Crippen LogP contribution in [0.4, 0.5) is 4.79 Å². The van der Waals surface area contributed by atoms with Gasteiger partial charge in [-0.15, -0.1) is 0 Å². The summed E-state index contributed by atoms with van der Waals surface area (Å²) in [7, 11) is 0. The van der Waals surface area contributed by atoms with Crippen molar-refractivity contribution < 1.29 is 9.53 Å². The van der Waals surface area contributed by atoms with E-state index in [1.165, 1.54) is 10.9 Å². The number of fused-ring (bicyclic) bond motifs is 1.